The van der Waals surface area contributed by atoms with Crippen molar-refractivity contribution in [3.63, 3.8) is 0 Å². The smallest absolute Gasteiger partial charge is 0.668 e. The van der Waals surface area contributed by atoms with Gasteiger partial charge in [0.25, 0.3) is 0 Å². The molecular formula is C12H34MoN4. The molecule has 0 rings (SSSR count). The maximum atomic E-state index is 5.35. The van der Waals surface area contributed by atoms with E-state index in [-0.39, 0.29) is 32.1 Å². The average Bonchev–Trinajstić information content (AvgIpc) is 1.79. The molecule has 0 saturated carbocycles. The molecule has 0 fully saturated rings. The summed E-state index contributed by atoms with van der Waals surface area (Å²) < 4.78 is 0. The van der Waals surface area contributed by atoms with Crippen LogP contribution in [0.25, 0.3) is 10.6 Å². The number of nitrogens with zero attached hydrogens (tertiary/aromatic N) is 2. The number of hydrogen-bond acceptors (Lipinski definition) is 2. The molecule has 0 unspecified atom stereocenters. The van der Waals surface area contributed by atoms with Crippen molar-refractivity contribution >= 4 is 0 Å². The quantitative estimate of drug-likeness (QED) is 0.670. The Morgan fingerprint density at radius 2 is 0.588 bits per heavy atom. The van der Waals surface area contributed by atoms with Crippen molar-refractivity contribution in [3.05, 3.63) is 10.6 Å². The Morgan fingerprint density at radius 3 is 0.588 bits per heavy atom. The normalized spacial score (nSPS) is 9.18. The minimum absolute atomic E-state index is 0. The first-order chi connectivity index (χ1) is 6.83. The summed E-state index contributed by atoms with van der Waals surface area (Å²) in [5, 5.41) is 7.00. The second kappa shape index (κ2) is 18.9. The topological polar surface area (TPSA) is 80.2 Å². The molecule has 0 heterocycles. The number of hydrogen-bond donors (Lipinski definition) is 2. The Labute approximate surface area is 124 Å². The molecule has 0 spiro atoms. The average molecular weight is 330 g/mol. The summed E-state index contributed by atoms with van der Waals surface area (Å²) in [6.45, 7) is 11.8. The van der Waals surface area contributed by atoms with Crippen molar-refractivity contribution in [1.82, 2.24) is 0 Å². The van der Waals surface area contributed by atoms with Crippen LogP contribution in [-0.4, -0.2) is 39.3 Å². The Morgan fingerprint density at radius 1 is 0.588 bits per heavy atom. The van der Waals surface area contributed by atoms with E-state index in [4.69, 9.17) is 11.5 Å². The van der Waals surface area contributed by atoms with E-state index < -0.39 is 0 Å². The molecule has 0 aromatic carbocycles. The molecule has 0 bridgehead atoms. The third-order valence-electron chi connectivity index (χ3n) is 0. The van der Waals surface area contributed by atoms with Crippen molar-refractivity contribution in [3.8, 4) is 0 Å². The third-order valence-corrected chi connectivity index (χ3v) is 0. The maximum absolute atomic E-state index is 5.35. The molecule has 108 valence electrons. The van der Waals surface area contributed by atoms with Gasteiger partial charge < -0.3 is 22.1 Å². The van der Waals surface area contributed by atoms with Crippen LogP contribution in [0.3, 0.4) is 0 Å². The Bertz CT molecular complexity index is 80.1. The van der Waals surface area contributed by atoms with Crippen molar-refractivity contribution in [2.24, 2.45) is 11.5 Å². The van der Waals surface area contributed by atoms with Gasteiger partial charge in [-0.2, -0.15) is 28.2 Å². The van der Waals surface area contributed by atoms with Gasteiger partial charge in [-0.05, 0) is 41.5 Å². The van der Waals surface area contributed by atoms with Gasteiger partial charge in [0, 0.05) is 11.1 Å². The van der Waals surface area contributed by atoms with Gasteiger partial charge in [0.2, 0.25) is 0 Å². The SMILES string of the molecule is CC(C)(C)N.CC(C)(C)N.C[N-]C.C[N-]C.[Mo+2]. The van der Waals surface area contributed by atoms with Crippen LogP contribution in [0.5, 0.6) is 0 Å². The number of rotatable bonds is 0. The van der Waals surface area contributed by atoms with Crippen LogP contribution < -0.4 is 11.5 Å². The largest absolute Gasteiger partial charge is 2.00 e. The summed E-state index contributed by atoms with van der Waals surface area (Å²) >= 11 is 0. The molecule has 0 aromatic rings. The molecular weight excluding hydrogens is 296 g/mol. The van der Waals surface area contributed by atoms with E-state index in [9.17, 15) is 0 Å². The summed E-state index contributed by atoms with van der Waals surface area (Å²) in [6, 6.07) is 0. The molecule has 0 aliphatic heterocycles. The third kappa shape index (κ3) is 12500. The molecule has 4 N–H and O–H groups in total. The molecule has 0 aromatic heterocycles. The van der Waals surface area contributed by atoms with E-state index >= 15 is 0 Å². The van der Waals surface area contributed by atoms with Crippen molar-refractivity contribution in [1.29, 1.82) is 0 Å². The Hall–Kier alpha value is 0.528. The van der Waals surface area contributed by atoms with Crippen LogP contribution in [0.1, 0.15) is 41.5 Å². The van der Waals surface area contributed by atoms with Crippen molar-refractivity contribution in [2.45, 2.75) is 52.6 Å². The summed E-state index contributed by atoms with van der Waals surface area (Å²) in [7, 11) is 7.00. The van der Waals surface area contributed by atoms with Gasteiger partial charge in [-0.25, -0.2) is 0 Å². The fraction of sp³-hybridized carbons (Fsp3) is 1.00. The fourth-order valence-electron chi connectivity index (χ4n) is 0. The van der Waals surface area contributed by atoms with Crippen LogP contribution in [0.2, 0.25) is 0 Å². The van der Waals surface area contributed by atoms with Gasteiger partial charge in [0.1, 0.15) is 0 Å². The van der Waals surface area contributed by atoms with Crippen LogP contribution in [0, 0.1) is 0 Å². The molecule has 0 saturated heterocycles. The van der Waals surface area contributed by atoms with E-state index in [2.05, 4.69) is 10.6 Å². The van der Waals surface area contributed by atoms with Crippen LogP contribution in [0.15, 0.2) is 0 Å². The van der Waals surface area contributed by atoms with Gasteiger partial charge in [0.15, 0.2) is 0 Å². The fourth-order valence-corrected chi connectivity index (χ4v) is 0. The van der Waals surface area contributed by atoms with Crippen LogP contribution >= 0.6 is 0 Å². The Balaban J connectivity index is -0.0000000381. The second-order valence-corrected chi connectivity index (χ2v) is 5.63. The maximum Gasteiger partial charge on any atom is 2.00 e. The molecule has 17 heavy (non-hydrogen) atoms. The van der Waals surface area contributed by atoms with E-state index in [0.717, 1.165) is 0 Å². The standard InChI is InChI=1S/2C4H11N.2C2H6N.Mo/c2*1-4(2,3)5;2*1-3-2;/h2*5H2,1-3H3;2*1-2H3;/q;;2*-1;+2. The van der Waals surface area contributed by atoms with Crippen LogP contribution in [0.4, 0.5) is 0 Å². The monoisotopic (exact) mass is 332 g/mol. The minimum Gasteiger partial charge on any atom is -0.668 e. The molecule has 0 aliphatic rings. The van der Waals surface area contributed by atoms with Gasteiger partial charge in [-0.3, -0.25) is 0 Å². The summed E-state index contributed by atoms with van der Waals surface area (Å²) in [5.74, 6) is 0. The van der Waals surface area contributed by atoms with Crippen LogP contribution in [-0.2, 0) is 21.1 Å². The first-order valence-corrected chi connectivity index (χ1v) is 5.37. The molecule has 5 heteroatoms. The zero-order valence-corrected chi connectivity index (χ0v) is 15.5. The van der Waals surface area contributed by atoms with Crippen molar-refractivity contribution < 1.29 is 21.1 Å². The zero-order valence-electron chi connectivity index (χ0n) is 13.5. The van der Waals surface area contributed by atoms with Gasteiger partial charge in [-0.15, -0.1) is 0 Å². The van der Waals surface area contributed by atoms with Gasteiger partial charge in [-0.1, -0.05) is 0 Å². The van der Waals surface area contributed by atoms with E-state index in [1.165, 1.54) is 0 Å². The molecule has 0 radical (unpaired) electrons. The Kier molecular flexibility index (Phi) is 33.9. The first kappa shape index (κ1) is 30.5. The van der Waals surface area contributed by atoms with E-state index in [1.54, 1.807) is 28.2 Å². The van der Waals surface area contributed by atoms with Crippen molar-refractivity contribution in [2.75, 3.05) is 28.2 Å². The summed E-state index contributed by atoms with van der Waals surface area (Å²) in [6.07, 6.45) is 0. The minimum atomic E-state index is 0. The first-order valence-electron chi connectivity index (χ1n) is 5.37. The summed E-state index contributed by atoms with van der Waals surface area (Å²) in [5.41, 5.74) is 10.7. The van der Waals surface area contributed by atoms with Gasteiger partial charge in [0.05, 0.1) is 0 Å². The molecule has 0 amide bonds. The zero-order chi connectivity index (χ0) is 14.4. The van der Waals surface area contributed by atoms with Gasteiger partial charge >= 0.3 is 21.1 Å². The molecule has 0 aliphatic carbocycles. The second-order valence-electron chi connectivity index (χ2n) is 5.63. The number of nitrogens with two attached hydrogens (primary N) is 2. The van der Waals surface area contributed by atoms with E-state index in [0.29, 0.717) is 0 Å². The predicted octanol–water partition coefficient (Wildman–Crippen LogP) is 2.72. The van der Waals surface area contributed by atoms with E-state index in [1.807, 2.05) is 41.5 Å². The molecule has 4 nitrogen and oxygen atoms in total. The molecule has 0 atom stereocenters. The predicted molar refractivity (Wildman–Crippen MR) is 78.3 cm³/mol. The summed E-state index contributed by atoms with van der Waals surface area (Å²) in [4.78, 5) is 0.